The van der Waals surface area contributed by atoms with E-state index in [9.17, 15) is 4.79 Å². The average Bonchev–Trinajstić information content (AvgIpc) is 3.16. The summed E-state index contributed by atoms with van der Waals surface area (Å²) in [7, 11) is 1.63. The summed E-state index contributed by atoms with van der Waals surface area (Å²) in [4.78, 5) is 17.6. The number of carbonyl (C=O) groups is 1. The summed E-state index contributed by atoms with van der Waals surface area (Å²) in [5, 5.41) is 5.34. The van der Waals surface area contributed by atoms with Crippen LogP contribution < -0.4 is 10.1 Å². The Morgan fingerprint density at radius 3 is 2.83 bits per heavy atom. The fourth-order valence-electron chi connectivity index (χ4n) is 2.30. The third kappa shape index (κ3) is 3.95. The molecule has 3 rings (SSSR count). The highest BCUT2D eigenvalue weighted by Gasteiger charge is 2.11. The minimum Gasteiger partial charge on any atom is -0.496 e. The maximum Gasteiger partial charge on any atom is 0.230 e. The number of nitrogens with zero attached hydrogens (tertiary/aromatic N) is 1. The lowest BCUT2D eigenvalue weighted by Crippen LogP contribution is -2.14. The fraction of sp³-hybridized carbons (Fsp3) is 0.176. The second-order valence-corrected chi connectivity index (χ2v) is 7.74. The summed E-state index contributed by atoms with van der Waals surface area (Å²) in [6.07, 6.45) is 0.296. The second-order valence-electron chi connectivity index (χ2n) is 5.17. The number of aryl methyl sites for hydroxylation is 1. The number of nitrogens with one attached hydrogen (secondary N) is 1. The molecule has 2 heterocycles. The average molecular weight is 379 g/mol. The molecule has 24 heavy (non-hydrogen) atoms. The molecule has 0 aliphatic rings. The van der Waals surface area contributed by atoms with E-state index in [1.165, 1.54) is 22.7 Å². The van der Waals surface area contributed by atoms with Crippen LogP contribution in [0.5, 0.6) is 5.75 Å². The lowest BCUT2D eigenvalue weighted by atomic mass is 10.1. The molecule has 0 saturated carbocycles. The number of ether oxygens (including phenoxy) is 1. The summed E-state index contributed by atoms with van der Waals surface area (Å²) >= 11 is 8.81. The smallest absolute Gasteiger partial charge is 0.230 e. The van der Waals surface area contributed by atoms with Gasteiger partial charge in [-0.2, -0.15) is 0 Å². The van der Waals surface area contributed by atoms with Gasteiger partial charge in [-0.15, -0.1) is 22.7 Å². The first-order valence-corrected chi connectivity index (χ1v) is 9.27. The molecule has 0 spiro atoms. The van der Waals surface area contributed by atoms with E-state index in [0.29, 0.717) is 11.6 Å². The molecule has 0 fully saturated rings. The van der Waals surface area contributed by atoms with E-state index < -0.39 is 0 Å². The Hall–Kier alpha value is -1.89. The van der Waals surface area contributed by atoms with Gasteiger partial charge in [0.2, 0.25) is 5.91 Å². The third-order valence-electron chi connectivity index (χ3n) is 3.40. The van der Waals surface area contributed by atoms with Gasteiger partial charge in [-0.3, -0.25) is 4.79 Å². The van der Waals surface area contributed by atoms with E-state index in [1.54, 1.807) is 7.11 Å². The molecule has 0 aliphatic carbocycles. The zero-order chi connectivity index (χ0) is 17.1. The van der Waals surface area contributed by atoms with Gasteiger partial charge in [0, 0.05) is 5.38 Å². The molecule has 1 aromatic carbocycles. The largest absolute Gasteiger partial charge is 0.496 e. The normalized spacial score (nSPS) is 10.6. The van der Waals surface area contributed by atoms with Crippen LogP contribution in [0.1, 0.15) is 11.1 Å². The Morgan fingerprint density at radius 1 is 1.33 bits per heavy atom. The molecule has 4 nitrogen and oxygen atoms in total. The minimum absolute atomic E-state index is 0.0929. The van der Waals surface area contributed by atoms with E-state index in [-0.39, 0.29) is 5.91 Å². The van der Waals surface area contributed by atoms with Crippen molar-refractivity contribution in [2.75, 3.05) is 12.4 Å². The van der Waals surface area contributed by atoms with Crippen molar-refractivity contribution in [3.05, 3.63) is 51.2 Å². The third-order valence-corrected chi connectivity index (χ3v) is 5.41. The van der Waals surface area contributed by atoms with Crippen molar-refractivity contribution >= 4 is 45.3 Å². The summed E-state index contributed by atoms with van der Waals surface area (Å²) < 4.78 is 5.95. The van der Waals surface area contributed by atoms with Gasteiger partial charge in [0.1, 0.15) is 5.75 Å². The van der Waals surface area contributed by atoms with Crippen LogP contribution in [-0.4, -0.2) is 18.0 Å². The zero-order valence-electron chi connectivity index (χ0n) is 13.1. The lowest BCUT2D eigenvalue weighted by Gasteiger charge is -2.07. The van der Waals surface area contributed by atoms with Gasteiger partial charge in [0.05, 0.1) is 28.4 Å². The number of hydrogen-bond acceptors (Lipinski definition) is 5. The molecule has 0 saturated heterocycles. The Bertz CT molecular complexity index is 873. The molecule has 0 radical (unpaired) electrons. The molecule has 0 bridgehead atoms. The SMILES string of the molecule is COc1ccc(CC(=O)Nc2nc(-c3ccc(Cl)s3)cs2)cc1C. The number of halogens is 1. The summed E-state index contributed by atoms with van der Waals surface area (Å²) in [6, 6.07) is 9.49. The molecule has 1 N–H and O–H groups in total. The summed E-state index contributed by atoms with van der Waals surface area (Å²) in [6.45, 7) is 1.96. The molecule has 0 atom stereocenters. The monoisotopic (exact) mass is 378 g/mol. The van der Waals surface area contributed by atoms with Crippen LogP contribution in [0.2, 0.25) is 4.34 Å². The van der Waals surface area contributed by atoms with Crippen LogP contribution in [0.4, 0.5) is 5.13 Å². The van der Waals surface area contributed by atoms with Crippen LogP contribution in [0, 0.1) is 6.92 Å². The number of carbonyl (C=O) groups excluding carboxylic acids is 1. The highest BCUT2D eigenvalue weighted by molar-refractivity contribution is 7.20. The summed E-state index contributed by atoms with van der Waals surface area (Å²) in [5.74, 6) is 0.725. The maximum atomic E-state index is 12.2. The quantitative estimate of drug-likeness (QED) is 0.677. The number of amides is 1. The molecular formula is C17H15ClN2O2S2. The predicted octanol–water partition coefficient (Wildman–Crippen LogP) is 5.02. The number of thiazole rings is 1. The molecule has 124 valence electrons. The molecule has 7 heteroatoms. The van der Waals surface area contributed by atoms with Gasteiger partial charge in [0.15, 0.2) is 5.13 Å². The molecule has 0 unspecified atom stereocenters. The van der Waals surface area contributed by atoms with E-state index in [4.69, 9.17) is 16.3 Å². The standard InChI is InChI=1S/C17H15ClN2O2S2/c1-10-7-11(3-4-13(10)22-2)8-16(21)20-17-19-12(9-23-17)14-5-6-15(18)24-14/h3-7,9H,8H2,1-2H3,(H,19,20,21). The van der Waals surface area contributed by atoms with Gasteiger partial charge in [0.25, 0.3) is 0 Å². The van der Waals surface area contributed by atoms with Gasteiger partial charge < -0.3 is 10.1 Å². The van der Waals surface area contributed by atoms with Crippen molar-refractivity contribution in [3.8, 4) is 16.3 Å². The number of aromatic nitrogens is 1. The van der Waals surface area contributed by atoms with Crippen LogP contribution in [0.15, 0.2) is 35.7 Å². The molecule has 3 aromatic rings. The number of rotatable bonds is 5. The lowest BCUT2D eigenvalue weighted by molar-refractivity contribution is -0.115. The predicted molar refractivity (Wildman–Crippen MR) is 101 cm³/mol. The fourth-order valence-corrected chi connectivity index (χ4v) is 4.10. The Kier molecular flexibility index (Phi) is 5.18. The number of hydrogen-bond donors (Lipinski definition) is 1. The number of anilines is 1. The van der Waals surface area contributed by atoms with Crippen molar-refractivity contribution in [3.63, 3.8) is 0 Å². The van der Waals surface area contributed by atoms with Crippen molar-refractivity contribution in [2.45, 2.75) is 13.3 Å². The Labute approximate surface area is 153 Å². The van der Waals surface area contributed by atoms with Crippen molar-refractivity contribution in [1.82, 2.24) is 4.98 Å². The topological polar surface area (TPSA) is 51.2 Å². The molecule has 0 aliphatic heterocycles. The van der Waals surface area contributed by atoms with Gasteiger partial charge in [-0.1, -0.05) is 23.7 Å². The number of thiophene rings is 1. The van der Waals surface area contributed by atoms with Gasteiger partial charge >= 0.3 is 0 Å². The van der Waals surface area contributed by atoms with Crippen molar-refractivity contribution < 1.29 is 9.53 Å². The van der Waals surface area contributed by atoms with Crippen LogP contribution in [0.3, 0.4) is 0 Å². The first-order chi connectivity index (χ1) is 11.5. The molecule has 1 amide bonds. The minimum atomic E-state index is -0.0929. The first-order valence-electron chi connectivity index (χ1n) is 7.20. The van der Waals surface area contributed by atoms with E-state index in [1.807, 2.05) is 42.6 Å². The van der Waals surface area contributed by atoms with E-state index in [0.717, 1.165) is 31.8 Å². The van der Waals surface area contributed by atoms with Crippen molar-refractivity contribution in [2.24, 2.45) is 0 Å². The Morgan fingerprint density at radius 2 is 2.17 bits per heavy atom. The Balaban J connectivity index is 1.65. The number of benzene rings is 1. The van der Waals surface area contributed by atoms with Crippen molar-refractivity contribution in [1.29, 1.82) is 0 Å². The van der Waals surface area contributed by atoms with E-state index in [2.05, 4.69) is 10.3 Å². The first kappa shape index (κ1) is 17.0. The van der Waals surface area contributed by atoms with Gasteiger partial charge in [-0.25, -0.2) is 4.98 Å². The summed E-state index contributed by atoms with van der Waals surface area (Å²) in [5.41, 5.74) is 2.77. The van der Waals surface area contributed by atoms with E-state index >= 15 is 0 Å². The highest BCUT2D eigenvalue weighted by Crippen LogP contribution is 2.32. The molecule has 2 aromatic heterocycles. The second kappa shape index (κ2) is 7.34. The number of methoxy groups -OCH3 is 1. The van der Waals surface area contributed by atoms with Gasteiger partial charge in [-0.05, 0) is 36.2 Å². The van der Waals surface area contributed by atoms with Crippen LogP contribution in [-0.2, 0) is 11.2 Å². The van der Waals surface area contributed by atoms with Crippen LogP contribution >= 0.6 is 34.3 Å². The zero-order valence-corrected chi connectivity index (χ0v) is 15.5. The maximum absolute atomic E-state index is 12.2. The van der Waals surface area contributed by atoms with Crippen LogP contribution in [0.25, 0.3) is 10.6 Å². The highest BCUT2D eigenvalue weighted by atomic mass is 35.5. The molecular weight excluding hydrogens is 364 g/mol.